The predicted molar refractivity (Wildman–Crippen MR) is 140 cm³/mol. The molecule has 5 rings (SSSR count). The number of fused-ring (bicyclic) bond motifs is 4. The van der Waals surface area contributed by atoms with Crippen molar-refractivity contribution in [2.24, 2.45) is 0 Å². The van der Waals surface area contributed by atoms with Gasteiger partial charge in [0.25, 0.3) is 0 Å². The van der Waals surface area contributed by atoms with E-state index in [-0.39, 0.29) is 65.1 Å². The third-order valence-electron chi connectivity index (χ3n) is 7.43. The van der Waals surface area contributed by atoms with Gasteiger partial charge in [0.15, 0.2) is 28.8 Å². The first-order valence-electron chi connectivity index (χ1n) is 12.6. The van der Waals surface area contributed by atoms with Crippen LogP contribution in [0.5, 0.6) is 28.7 Å². The fourth-order valence-electron chi connectivity index (χ4n) is 5.15. The van der Waals surface area contributed by atoms with Crippen LogP contribution in [-0.2, 0) is 26.3 Å². The molecule has 208 valence electrons. The summed E-state index contributed by atoms with van der Waals surface area (Å²) in [7, 11) is 0. The van der Waals surface area contributed by atoms with E-state index in [0.717, 1.165) is 11.6 Å². The van der Waals surface area contributed by atoms with Crippen LogP contribution in [0.15, 0.2) is 41.3 Å². The number of carbonyl (C=O) groups is 4. The van der Waals surface area contributed by atoms with E-state index in [1.54, 1.807) is 19.1 Å². The summed E-state index contributed by atoms with van der Waals surface area (Å²) < 4.78 is 16.4. The van der Waals surface area contributed by atoms with E-state index in [4.69, 9.17) is 14.2 Å². The van der Waals surface area contributed by atoms with Crippen LogP contribution in [0.4, 0.5) is 0 Å². The number of hydrogen-bond acceptors (Lipinski definition) is 10. The molecule has 0 saturated carbocycles. The van der Waals surface area contributed by atoms with Gasteiger partial charge in [-0.3, -0.25) is 19.2 Å². The summed E-state index contributed by atoms with van der Waals surface area (Å²) >= 11 is 0. The smallest absolute Gasteiger partial charge is 0.231 e. The maximum absolute atomic E-state index is 13.8. The Hall–Kier alpha value is -4.80. The van der Waals surface area contributed by atoms with Crippen molar-refractivity contribution in [3.05, 3.63) is 63.6 Å². The molecule has 1 unspecified atom stereocenters. The highest BCUT2D eigenvalue weighted by Gasteiger charge is 2.56. The molecule has 0 saturated heterocycles. The van der Waals surface area contributed by atoms with Crippen LogP contribution in [0, 0.1) is 6.92 Å². The third-order valence-corrected chi connectivity index (χ3v) is 7.43. The zero-order valence-corrected chi connectivity index (χ0v) is 22.4. The van der Waals surface area contributed by atoms with Crippen LogP contribution < -0.4 is 24.8 Å². The highest BCUT2D eigenvalue weighted by molar-refractivity contribution is 6.31. The Kier molecular flexibility index (Phi) is 6.53. The average molecular weight is 549 g/mol. The largest absolute Gasteiger partial charge is 0.507 e. The number of amides is 1. The first kappa shape index (κ1) is 26.8. The SMILES string of the molecule is CC(=O)c1c(O)c(C)c(O)c2c1OC1=CC(=O)C(=C(C)NCCC(=O)NCc3ccc4c(c3)OCO4)C(=O)C12C. The fourth-order valence-corrected chi connectivity index (χ4v) is 5.15. The highest BCUT2D eigenvalue weighted by Crippen LogP contribution is 2.57. The molecule has 0 spiro atoms. The van der Waals surface area contributed by atoms with Crippen molar-refractivity contribution in [1.82, 2.24) is 10.6 Å². The van der Waals surface area contributed by atoms with Crippen molar-refractivity contribution < 1.29 is 43.6 Å². The summed E-state index contributed by atoms with van der Waals surface area (Å²) in [5.41, 5.74) is -0.790. The fraction of sp³-hybridized carbons (Fsp3) is 0.310. The van der Waals surface area contributed by atoms with Gasteiger partial charge in [-0.15, -0.1) is 0 Å². The monoisotopic (exact) mass is 548 g/mol. The van der Waals surface area contributed by atoms with Gasteiger partial charge >= 0.3 is 0 Å². The topological polar surface area (TPSA) is 160 Å². The number of aromatic hydroxyl groups is 2. The van der Waals surface area contributed by atoms with E-state index in [1.165, 1.54) is 20.8 Å². The summed E-state index contributed by atoms with van der Waals surface area (Å²) in [5, 5.41) is 27.2. The summed E-state index contributed by atoms with van der Waals surface area (Å²) in [6.45, 7) is 6.30. The molecule has 2 aromatic rings. The molecule has 0 radical (unpaired) electrons. The number of ketones is 3. The van der Waals surface area contributed by atoms with Gasteiger partial charge in [0.05, 0.1) is 11.1 Å². The van der Waals surface area contributed by atoms with Gasteiger partial charge in [0.1, 0.15) is 34.0 Å². The normalized spacial score (nSPS) is 19.9. The van der Waals surface area contributed by atoms with Gasteiger partial charge in [-0.2, -0.15) is 0 Å². The van der Waals surface area contributed by atoms with Gasteiger partial charge in [-0.25, -0.2) is 0 Å². The minimum Gasteiger partial charge on any atom is -0.507 e. The molecule has 40 heavy (non-hydrogen) atoms. The lowest BCUT2D eigenvalue weighted by atomic mass is 9.70. The Morgan fingerprint density at radius 2 is 1.77 bits per heavy atom. The summed E-state index contributed by atoms with van der Waals surface area (Å²) in [6, 6.07) is 5.40. The van der Waals surface area contributed by atoms with Crippen molar-refractivity contribution in [3.63, 3.8) is 0 Å². The maximum atomic E-state index is 13.8. The quantitative estimate of drug-likeness (QED) is 0.230. The Morgan fingerprint density at radius 1 is 1.05 bits per heavy atom. The second-order valence-corrected chi connectivity index (χ2v) is 10.0. The molecule has 1 atom stereocenters. The van der Waals surface area contributed by atoms with E-state index in [0.29, 0.717) is 18.0 Å². The highest BCUT2D eigenvalue weighted by atomic mass is 16.7. The van der Waals surface area contributed by atoms with Crippen molar-refractivity contribution in [1.29, 1.82) is 0 Å². The lowest BCUT2D eigenvalue weighted by molar-refractivity contribution is -0.124. The summed E-state index contributed by atoms with van der Waals surface area (Å²) in [6.07, 6.45) is 1.22. The molecule has 11 heteroatoms. The molecule has 1 aliphatic carbocycles. The van der Waals surface area contributed by atoms with E-state index in [9.17, 15) is 29.4 Å². The predicted octanol–water partition coefficient (Wildman–Crippen LogP) is 2.59. The molecule has 0 fully saturated rings. The number of hydrogen-bond donors (Lipinski definition) is 4. The number of phenolic OH excluding ortho intramolecular Hbond substituents is 2. The van der Waals surface area contributed by atoms with Crippen molar-refractivity contribution in [2.75, 3.05) is 13.3 Å². The number of carbonyl (C=O) groups excluding carboxylic acids is 4. The summed E-state index contributed by atoms with van der Waals surface area (Å²) in [4.78, 5) is 51.5. The molecule has 4 N–H and O–H groups in total. The van der Waals surface area contributed by atoms with Crippen LogP contribution in [0.25, 0.3) is 0 Å². The number of benzene rings is 2. The third kappa shape index (κ3) is 4.14. The van der Waals surface area contributed by atoms with Gasteiger partial charge in [-0.05, 0) is 45.4 Å². The second kappa shape index (κ2) is 9.74. The van der Waals surface area contributed by atoms with Crippen LogP contribution >= 0.6 is 0 Å². The van der Waals surface area contributed by atoms with Crippen LogP contribution in [-0.4, -0.2) is 46.8 Å². The minimum absolute atomic E-state index is 0.0185. The Balaban J connectivity index is 1.31. The number of phenols is 2. The van der Waals surface area contributed by atoms with Crippen molar-refractivity contribution in [3.8, 4) is 28.7 Å². The van der Waals surface area contributed by atoms with Crippen LogP contribution in [0.3, 0.4) is 0 Å². The maximum Gasteiger partial charge on any atom is 0.231 e. The van der Waals surface area contributed by atoms with Gasteiger partial charge in [0.2, 0.25) is 12.7 Å². The standard InChI is InChI=1S/C29H28N2O9/c1-13-25(35)23(15(3)32)27-24(26(13)36)29(4)20(40-27)10-17(33)22(28(29)37)14(2)30-8-7-21(34)31-11-16-5-6-18-19(9-16)39-12-38-18/h5-6,9-10,30,35-36H,7-8,11-12H2,1-4H3,(H,31,34). The van der Waals surface area contributed by atoms with E-state index < -0.39 is 34.3 Å². The molecule has 1 amide bonds. The van der Waals surface area contributed by atoms with E-state index >= 15 is 0 Å². The number of allylic oxidation sites excluding steroid dienone is 4. The lowest BCUT2D eigenvalue weighted by Gasteiger charge is -2.29. The molecule has 2 aliphatic heterocycles. The van der Waals surface area contributed by atoms with Crippen molar-refractivity contribution >= 4 is 23.3 Å². The Bertz CT molecular complexity index is 1570. The van der Waals surface area contributed by atoms with E-state index in [1.807, 2.05) is 6.07 Å². The first-order chi connectivity index (χ1) is 18.9. The van der Waals surface area contributed by atoms with Gasteiger partial charge < -0.3 is 35.1 Å². The molecule has 11 nitrogen and oxygen atoms in total. The van der Waals surface area contributed by atoms with E-state index in [2.05, 4.69) is 10.6 Å². The molecule has 2 heterocycles. The minimum atomic E-state index is -1.60. The zero-order valence-electron chi connectivity index (χ0n) is 22.4. The Labute approximate surface area is 229 Å². The number of rotatable bonds is 7. The van der Waals surface area contributed by atoms with Gasteiger partial charge in [-0.1, -0.05) is 6.07 Å². The van der Waals surface area contributed by atoms with Crippen LogP contribution in [0.2, 0.25) is 0 Å². The van der Waals surface area contributed by atoms with Crippen LogP contribution in [0.1, 0.15) is 54.2 Å². The molecule has 2 aromatic carbocycles. The number of Topliss-reactive ketones (excluding diaryl/α,β-unsaturated/α-hetero) is 2. The average Bonchev–Trinajstić information content (AvgIpc) is 3.48. The number of nitrogens with one attached hydrogen (secondary N) is 2. The molecule has 0 aromatic heterocycles. The molecular formula is C29H28N2O9. The molecule has 0 bridgehead atoms. The first-order valence-corrected chi connectivity index (χ1v) is 12.6. The second-order valence-electron chi connectivity index (χ2n) is 10.0. The zero-order chi connectivity index (χ0) is 28.9. The molecule has 3 aliphatic rings. The molecular weight excluding hydrogens is 520 g/mol. The Morgan fingerprint density at radius 3 is 2.50 bits per heavy atom. The van der Waals surface area contributed by atoms with Crippen molar-refractivity contribution in [2.45, 2.75) is 46.1 Å². The van der Waals surface area contributed by atoms with Gasteiger partial charge in [0, 0.05) is 36.8 Å². The number of ether oxygens (including phenoxy) is 3. The summed E-state index contributed by atoms with van der Waals surface area (Å²) in [5.74, 6) is -1.78. The lowest BCUT2D eigenvalue weighted by Crippen LogP contribution is -2.41.